The first kappa shape index (κ1) is 27.1. The summed E-state index contributed by atoms with van der Waals surface area (Å²) in [5.41, 5.74) is 3.54. The highest BCUT2D eigenvalue weighted by Crippen LogP contribution is 2.37. The summed E-state index contributed by atoms with van der Waals surface area (Å²) < 4.78 is 6.04. The Morgan fingerprint density at radius 3 is 2.58 bits per heavy atom. The van der Waals surface area contributed by atoms with Gasteiger partial charge in [0, 0.05) is 51.1 Å². The fourth-order valence-electron chi connectivity index (χ4n) is 5.29. The maximum atomic E-state index is 13.3. The van der Waals surface area contributed by atoms with E-state index < -0.39 is 5.97 Å². The van der Waals surface area contributed by atoms with Crippen LogP contribution in [0.15, 0.2) is 48.8 Å². The van der Waals surface area contributed by atoms with Crippen molar-refractivity contribution in [3.63, 3.8) is 0 Å². The molecule has 0 aliphatic carbocycles. The number of pyridine rings is 2. The van der Waals surface area contributed by atoms with E-state index >= 15 is 0 Å². The Morgan fingerprint density at radius 1 is 1.10 bits per heavy atom. The first-order valence-electron chi connectivity index (χ1n) is 13.5. The van der Waals surface area contributed by atoms with Gasteiger partial charge in [0.2, 0.25) is 0 Å². The van der Waals surface area contributed by atoms with E-state index in [4.69, 9.17) is 4.74 Å². The first-order chi connectivity index (χ1) is 19.3. The van der Waals surface area contributed by atoms with Crippen molar-refractivity contribution in [3.8, 4) is 5.75 Å². The van der Waals surface area contributed by atoms with Crippen molar-refractivity contribution in [2.45, 2.75) is 33.1 Å². The third-order valence-corrected chi connectivity index (χ3v) is 7.61. The number of aromatic nitrogens is 2. The summed E-state index contributed by atoms with van der Waals surface area (Å²) in [5, 5.41) is 9.19. The number of hydrogen-bond donors (Lipinski definition) is 1. The highest BCUT2D eigenvalue weighted by molar-refractivity contribution is 6.12. The van der Waals surface area contributed by atoms with Crippen LogP contribution in [0.5, 0.6) is 5.75 Å². The average molecular weight is 544 g/mol. The van der Waals surface area contributed by atoms with E-state index in [1.165, 1.54) is 0 Å². The highest BCUT2D eigenvalue weighted by Gasteiger charge is 2.31. The van der Waals surface area contributed by atoms with Crippen LogP contribution in [0.25, 0.3) is 0 Å². The molecule has 2 aliphatic heterocycles. The van der Waals surface area contributed by atoms with E-state index in [2.05, 4.69) is 9.97 Å². The zero-order chi connectivity index (χ0) is 28.4. The topological polar surface area (TPSA) is 116 Å². The number of rotatable bonds is 7. The van der Waals surface area contributed by atoms with Gasteiger partial charge in [-0.2, -0.15) is 0 Å². The molecule has 3 aromatic rings. The molecule has 1 N–H and O–H groups in total. The number of carbonyl (C=O) groups is 3. The standard InChI is InChI=1S/C30H33N5O5/c1-4-35-26-23(29(37)33(3)24-6-5-12-31-27(24)35)17-20(18-32-26)11-15-40-25-8-7-22(16-19(25)2)28(36)34-13-9-21(10-14-34)30(38)39/h5-8,12,16-18,21H,4,9-11,13-15H2,1-3H3,(H,38,39). The third kappa shape index (κ3) is 5.21. The van der Waals surface area contributed by atoms with E-state index in [1.54, 1.807) is 41.4 Å². The number of carbonyl (C=O) groups excluding carboxylic acids is 2. The predicted molar refractivity (Wildman–Crippen MR) is 151 cm³/mol. The summed E-state index contributed by atoms with van der Waals surface area (Å²) in [7, 11) is 1.75. The number of nitrogens with zero attached hydrogens (tertiary/aromatic N) is 5. The van der Waals surface area contributed by atoms with Gasteiger partial charge in [-0.25, -0.2) is 9.97 Å². The van der Waals surface area contributed by atoms with Gasteiger partial charge in [0.25, 0.3) is 11.8 Å². The Balaban J connectivity index is 1.24. The molecule has 40 heavy (non-hydrogen) atoms. The van der Waals surface area contributed by atoms with Crippen molar-refractivity contribution in [1.82, 2.24) is 14.9 Å². The lowest BCUT2D eigenvalue weighted by Gasteiger charge is -2.30. The van der Waals surface area contributed by atoms with Gasteiger partial charge in [-0.15, -0.1) is 0 Å². The van der Waals surface area contributed by atoms with Crippen LogP contribution in [0.1, 0.15) is 51.6 Å². The van der Waals surface area contributed by atoms with Gasteiger partial charge < -0.3 is 24.5 Å². The molecule has 2 aliphatic rings. The predicted octanol–water partition coefficient (Wildman–Crippen LogP) is 4.09. The number of anilines is 3. The van der Waals surface area contributed by atoms with Crippen molar-refractivity contribution in [3.05, 3.63) is 71.0 Å². The SMILES string of the molecule is CCN1c2ncc(CCOc3ccc(C(=O)N4CCC(C(=O)O)CC4)cc3C)cc2C(=O)N(C)c2cccnc21. The number of carboxylic acids is 1. The van der Waals surface area contributed by atoms with Crippen LogP contribution in [-0.2, 0) is 11.2 Å². The second-order valence-corrected chi connectivity index (χ2v) is 10.2. The van der Waals surface area contributed by atoms with Crippen LogP contribution in [0.2, 0.25) is 0 Å². The van der Waals surface area contributed by atoms with Crippen LogP contribution >= 0.6 is 0 Å². The van der Waals surface area contributed by atoms with Crippen molar-refractivity contribution in [2.75, 3.05) is 43.1 Å². The van der Waals surface area contributed by atoms with E-state index in [9.17, 15) is 19.5 Å². The average Bonchev–Trinajstić information content (AvgIpc) is 3.06. The van der Waals surface area contributed by atoms with Crippen molar-refractivity contribution in [1.29, 1.82) is 0 Å². The molecule has 0 atom stereocenters. The molecule has 10 heteroatoms. The van der Waals surface area contributed by atoms with Crippen molar-refractivity contribution >= 4 is 35.1 Å². The number of piperidine rings is 1. The summed E-state index contributed by atoms with van der Waals surface area (Å²) in [6.07, 6.45) is 4.98. The number of ether oxygens (including phenoxy) is 1. The van der Waals surface area contributed by atoms with Crippen molar-refractivity contribution in [2.24, 2.45) is 5.92 Å². The lowest BCUT2D eigenvalue weighted by Crippen LogP contribution is -2.40. The lowest BCUT2D eigenvalue weighted by molar-refractivity contribution is -0.143. The molecular formula is C30H33N5O5. The molecule has 5 rings (SSSR count). The lowest BCUT2D eigenvalue weighted by atomic mass is 9.96. The number of amides is 2. The number of fused-ring (bicyclic) bond motifs is 2. The highest BCUT2D eigenvalue weighted by atomic mass is 16.5. The Morgan fingerprint density at radius 2 is 1.88 bits per heavy atom. The maximum Gasteiger partial charge on any atom is 0.306 e. The minimum absolute atomic E-state index is 0.0948. The molecule has 0 radical (unpaired) electrons. The van der Waals surface area contributed by atoms with Crippen LogP contribution < -0.4 is 14.5 Å². The van der Waals surface area contributed by atoms with Gasteiger partial charge in [0.15, 0.2) is 5.82 Å². The quantitative estimate of drug-likeness (QED) is 0.474. The van der Waals surface area contributed by atoms with Crippen LogP contribution in [0.4, 0.5) is 17.3 Å². The van der Waals surface area contributed by atoms with E-state index in [-0.39, 0.29) is 17.7 Å². The monoisotopic (exact) mass is 543 g/mol. The number of hydrogen-bond acceptors (Lipinski definition) is 7. The molecule has 1 aromatic carbocycles. The number of aliphatic carboxylic acids is 1. The molecular weight excluding hydrogens is 510 g/mol. The molecule has 0 bridgehead atoms. The second kappa shape index (κ2) is 11.3. The van der Waals surface area contributed by atoms with E-state index in [0.717, 1.165) is 16.8 Å². The van der Waals surface area contributed by atoms with Crippen LogP contribution in [-0.4, -0.2) is 71.0 Å². The zero-order valence-corrected chi connectivity index (χ0v) is 23.0. The number of benzene rings is 1. The first-order valence-corrected chi connectivity index (χ1v) is 13.5. The minimum atomic E-state index is -0.796. The summed E-state index contributed by atoms with van der Waals surface area (Å²) in [5.74, 6) is 0.555. The molecule has 0 unspecified atom stereocenters. The third-order valence-electron chi connectivity index (χ3n) is 7.61. The summed E-state index contributed by atoms with van der Waals surface area (Å²) in [6, 6.07) is 10.9. The fraction of sp³-hybridized carbons (Fsp3) is 0.367. The molecule has 1 saturated heterocycles. The van der Waals surface area contributed by atoms with E-state index in [0.29, 0.717) is 74.0 Å². The summed E-state index contributed by atoms with van der Waals surface area (Å²) >= 11 is 0. The second-order valence-electron chi connectivity index (χ2n) is 10.2. The number of likely N-dealkylation sites (tertiary alicyclic amines) is 1. The molecule has 0 spiro atoms. The Kier molecular flexibility index (Phi) is 7.68. The normalized spacial score (nSPS) is 15.4. The minimum Gasteiger partial charge on any atom is -0.493 e. The number of carboxylic acid groups (broad SMARTS) is 1. The van der Waals surface area contributed by atoms with Crippen LogP contribution in [0.3, 0.4) is 0 Å². The summed E-state index contributed by atoms with van der Waals surface area (Å²) in [4.78, 5) is 51.9. The molecule has 2 aromatic heterocycles. The molecule has 208 valence electrons. The van der Waals surface area contributed by atoms with Gasteiger partial charge in [0.05, 0.1) is 23.8 Å². The smallest absolute Gasteiger partial charge is 0.306 e. The molecule has 0 saturated carbocycles. The van der Waals surface area contributed by atoms with Gasteiger partial charge in [-0.05, 0) is 74.2 Å². The Bertz CT molecular complexity index is 1450. The summed E-state index contributed by atoms with van der Waals surface area (Å²) in [6.45, 7) is 5.78. The van der Waals surface area contributed by atoms with Gasteiger partial charge in [0.1, 0.15) is 11.6 Å². The number of aryl methyl sites for hydroxylation is 1. The molecule has 1 fully saturated rings. The van der Waals surface area contributed by atoms with Gasteiger partial charge in [-0.1, -0.05) is 0 Å². The molecule has 4 heterocycles. The van der Waals surface area contributed by atoms with Crippen LogP contribution in [0, 0.1) is 12.8 Å². The van der Waals surface area contributed by atoms with Gasteiger partial charge in [-0.3, -0.25) is 14.4 Å². The van der Waals surface area contributed by atoms with Crippen molar-refractivity contribution < 1.29 is 24.2 Å². The zero-order valence-electron chi connectivity index (χ0n) is 23.0. The Labute approximate surface area is 233 Å². The Hall–Kier alpha value is -4.47. The van der Waals surface area contributed by atoms with E-state index in [1.807, 2.05) is 43.0 Å². The fourth-order valence-corrected chi connectivity index (χ4v) is 5.29. The molecule has 10 nitrogen and oxygen atoms in total. The largest absolute Gasteiger partial charge is 0.493 e. The maximum absolute atomic E-state index is 13.3. The van der Waals surface area contributed by atoms with Gasteiger partial charge >= 0.3 is 5.97 Å². The molecule has 2 amide bonds.